The maximum Gasteiger partial charge on any atom is 0.308 e. The first kappa shape index (κ1) is 20.3. The number of benzene rings is 1. The number of hydrogen-bond acceptors (Lipinski definition) is 3. The Morgan fingerprint density at radius 1 is 1.35 bits per heavy atom. The molecule has 0 aromatic heterocycles. The third-order valence-corrected chi connectivity index (χ3v) is 4.71. The van der Waals surface area contributed by atoms with Crippen molar-refractivity contribution in [3.05, 3.63) is 47.5 Å². The molecule has 0 spiro atoms. The van der Waals surface area contributed by atoms with E-state index in [1.807, 2.05) is 31.2 Å². The van der Waals surface area contributed by atoms with Gasteiger partial charge in [0.2, 0.25) is 0 Å². The number of rotatable bonds is 7. The minimum Gasteiger partial charge on any atom is -0.465 e. The van der Waals surface area contributed by atoms with Crippen molar-refractivity contribution in [3.8, 4) is 11.8 Å². The first-order valence-electron chi connectivity index (χ1n) is 9.71. The number of carbonyl (C=O) groups excluding carboxylic acids is 1. The first-order chi connectivity index (χ1) is 12.6. The normalized spacial score (nSPS) is 21.1. The summed E-state index contributed by atoms with van der Waals surface area (Å²) in [5.74, 6) is 6.03. The molecule has 26 heavy (non-hydrogen) atoms. The fourth-order valence-corrected chi connectivity index (χ4v) is 3.10. The van der Waals surface area contributed by atoms with Gasteiger partial charge in [0, 0.05) is 17.9 Å². The van der Waals surface area contributed by atoms with Crippen LogP contribution >= 0.6 is 0 Å². The Kier molecular flexibility index (Phi) is 8.44. The summed E-state index contributed by atoms with van der Waals surface area (Å²) in [5.41, 5.74) is 2.03. The topological polar surface area (TPSA) is 46.5 Å². The minimum absolute atomic E-state index is 0.0607. The van der Waals surface area contributed by atoms with E-state index in [0.29, 0.717) is 13.0 Å². The van der Waals surface area contributed by atoms with Crippen LogP contribution in [0.3, 0.4) is 0 Å². The number of cyclic esters (lactones) is 1. The van der Waals surface area contributed by atoms with Crippen molar-refractivity contribution in [1.29, 1.82) is 0 Å². The lowest BCUT2D eigenvalue weighted by Gasteiger charge is -2.26. The summed E-state index contributed by atoms with van der Waals surface area (Å²) >= 11 is 0. The van der Waals surface area contributed by atoms with Crippen molar-refractivity contribution in [1.82, 2.24) is 0 Å². The highest BCUT2D eigenvalue weighted by molar-refractivity contribution is 5.73. The van der Waals surface area contributed by atoms with Crippen LogP contribution in [0.1, 0.15) is 69.4 Å². The maximum absolute atomic E-state index is 11.5. The van der Waals surface area contributed by atoms with Gasteiger partial charge in [0.1, 0.15) is 6.10 Å². The number of aliphatic hydroxyl groups is 1. The van der Waals surface area contributed by atoms with Gasteiger partial charge in [-0.05, 0) is 37.0 Å². The van der Waals surface area contributed by atoms with Gasteiger partial charge in [-0.25, -0.2) is 0 Å². The van der Waals surface area contributed by atoms with Crippen LogP contribution in [0.4, 0.5) is 0 Å². The highest BCUT2D eigenvalue weighted by Gasteiger charge is 2.27. The van der Waals surface area contributed by atoms with E-state index in [4.69, 9.17) is 4.74 Å². The van der Waals surface area contributed by atoms with Crippen LogP contribution in [0.25, 0.3) is 0 Å². The van der Waals surface area contributed by atoms with Gasteiger partial charge in [-0.3, -0.25) is 4.79 Å². The van der Waals surface area contributed by atoms with E-state index >= 15 is 0 Å². The van der Waals surface area contributed by atoms with E-state index in [-0.39, 0.29) is 17.8 Å². The van der Waals surface area contributed by atoms with Gasteiger partial charge in [0.15, 0.2) is 0 Å². The molecule has 1 N–H and O–H groups in total. The van der Waals surface area contributed by atoms with E-state index in [9.17, 15) is 9.90 Å². The molecule has 1 fully saturated rings. The molecule has 1 aliphatic heterocycles. The zero-order valence-corrected chi connectivity index (χ0v) is 15.9. The Morgan fingerprint density at radius 2 is 2.19 bits per heavy atom. The van der Waals surface area contributed by atoms with Gasteiger partial charge in [0.05, 0.1) is 12.5 Å². The van der Waals surface area contributed by atoms with Gasteiger partial charge < -0.3 is 9.84 Å². The third kappa shape index (κ3) is 6.69. The van der Waals surface area contributed by atoms with Crippen LogP contribution in [0, 0.1) is 17.8 Å². The second-order valence-electron chi connectivity index (χ2n) is 7.08. The number of esters is 1. The summed E-state index contributed by atoms with van der Waals surface area (Å²) < 4.78 is 5.25. The van der Waals surface area contributed by atoms with Gasteiger partial charge in [-0.1, -0.05) is 62.8 Å². The van der Waals surface area contributed by atoms with Crippen LogP contribution in [-0.2, 0) is 9.53 Å². The average molecular weight is 354 g/mol. The van der Waals surface area contributed by atoms with Crippen LogP contribution in [0.5, 0.6) is 0 Å². The summed E-state index contributed by atoms with van der Waals surface area (Å²) in [4.78, 5) is 11.5. The molecule has 1 aromatic rings. The Hall–Kier alpha value is -2.05. The SMILES string of the molecule is CCCCC/C=C\CC(O)C#Cc1cccc(C2COC(=O)C(C)C2)c1. The molecule has 3 heteroatoms. The predicted molar refractivity (Wildman–Crippen MR) is 105 cm³/mol. The molecule has 0 saturated carbocycles. The van der Waals surface area contributed by atoms with Crippen molar-refractivity contribution >= 4 is 5.97 Å². The molecule has 1 aliphatic rings. The van der Waals surface area contributed by atoms with Crippen molar-refractivity contribution in [2.24, 2.45) is 5.92 Å². The van der Waals surface area contributed by atoms with Crippen molar-refractivity contribution < 1.29 is 14.6 Å². The number of hydrogen-bond donors (Lipinski definition) is 1. The Bertz CT molecular complexity index is 666. The Morgan fingerprint density at radius 3 is 2.96 bits per heavy atom. The average Bonchev–Trinajstić information content (AvgIpc) is 2.65. The molecule has 140 valence electrons. The molecule has 3 nitrogen and oxygen atoms in total. The van der Waals surface area contributed by atoms with E-state index in [1.54, 1.807) is 0 Å². The smallest absolute Gasteiger partial charge is 0.308 e. The standard InChI is InChI=1S/C23H30O3/c1-3-4-5-6-7-8-12-22(24)14-13-19-10-9-11-20(16-19)21-15-18(2)23(25)26-17-21/h7-11,16,18,21-22,24H,3-6,12,15,17H2,1-2H3/b8-7-. The highest BCUT2D eigenvalue weighted by Crippen LogP contribution is 2.29. The van der Waals surface area contributed by atoms with Gasteiger partial charge in [-0.15, -0.1) is 0 Å². The number of allylic oxidation sites excluding steroid dienone is 1. The highest BCUT2D eigenvalue weighted by atomic mass is 16.5. The van der Waals surface area contributed by atoms with Crippen molar-refractivity contribution in [2.45, 2.75) is 64.4 Å². The number of aliphatic hydroxyl groups excluding tert-OH is 1. The summed E-state index contributed by atoms with van der Waals surface area (Å²) in [6, 6.07) is 8.01. The zero-order valence-electron chi connectivity index (χ0n) is 15.9. The first-order valence-corrected chi connectivity index (χ1v) is 9.71. The molecule has 1 heterocycles. The number of unbranched alkanes of at least 4 members (excludes halogenated alkanes) is 3. The monoisotopic (exact) mass is 354 g/mol. The minimum atomic E-state index is -0.642. The fourth-order valence-electron chi connectivity index (χ4n) is 3.10. The zero-order chi connectivity index (χ0) is 18.8. The Balaban J connectivity index is 1.88. The second-order valence-corrected chi connectivity index (χ2v) is 7.08. The van der Waals surface area contributed by atoms with Crippen LogP contribution in [0.2, 0.25) is 0 Å². The second kappa shape index (κ2) is 10.8. The molecule has 1 aromatic carbocycles. The van der Waals surface area contributed by atoms with Crippen LogP contribution in [0.15, 0.2) is 36.4 Å². The Labute approximate surface area is 157 Å². The largest absolute Gasteiger partial charge is 0.465 e. The van der Waals surface area contributed by atoms with E-state index < -0.39 is 6.10 Å². The molecule has 1 saturated heterocycles. The lowest BCUT2D eigenvalue weighted by Crippen LogP contribution is -2.27. The molecule has 0 bridgehead atoms. The molecule has 0 radical (unpaired) electrons. The summed E-state index contributed by atoms with van der Waals surface area (Å²) in [6.45, 7) is 4.54. The fraction of sp³-hybridized carbons (Fsp3) is 0.522. The molecule has 3 atom stereocenters. The van der Waals surface area contributed by atoms with Gasteiger partial charge in [-0.2, -0.15) is 0 Å². The molecule has 3 unspecified atom stereocenters. The van der Waals surface area contributed by atoms with Crippen LogP contribution in [-0.4, -0.2) is 23.8 Å². The lowest BCUT2D eigenvalue weighted by molar-refractivity contribution is -0.153. The maximum atomic E-state index is 11.5. The molecular formula is C23H30O3. The van der Waals surface area contributed by atoms with Gasteiger partial charge >= 0.3 is 5.97 Å². The molecular weight excluding hydrogens is 324 g/mol. The van der Waals surface area contributed by atoms with E-state index in [1.165, 1.54) is 19.3 Å². The third-order valence-electron chi connectivity index (χ3n) is 4.71. The van der Waals surface area contributed by atoms with Crippen molar-refractivity contribution in [2.75, 3.05) is 6.61 Å². The molecule has 0 amide bonds. The summed E-state index contributed by atoms with van der Waals surface area (Å²) in [6.07, 6.45) is 9.63. The summed E-state index contributed by atoms with van der Waals surface area (Å²) in [7, 11) is 0. The summed E-state index contributed by atoms with van der Waals surface area (Å²) in [5, 5.41) is 10.0. The van der Waals surface area contributed by atoms with Crippen molar-refractivity contribution in [3.63, 3.8) is 0 Å². The van der Waals surface area contributed by atoms with E-state index in [2.05, 4.69) is 30.9 Å². The van der Waals surface area contributed by atoms with Crippen LogP contribution < -0.4 is 0 Å². The molecule has 2 rings (SSSR count). The number of ether oxygens (including phenoxy) is 1. The predicted octanol–water partition coefficient (Wildman–Crippen LogP) is 4.59. The van der Waals surface area contributed by atoms with Gasteiger partial charge in [0.25, 0.3) is 0 Å². The molecule has 0 aliphatic carbocycles. The quantitative estimate of drug-likeness (QED) is 0.337. The number of carbonyl (C=O) groups is 1. The van der Waals surface area contributed by atoms with E-state index in [0.717, 1.165) is 24.0 Å². The lowest BCUT2D eigenvalue weighted by atomic mass is 9.87.